The van der Waals surface area contributed by atoms with Gasteiger partial charge in [-0.15, -0.1) is 0 Å². The van der Waals surface area contributed by atoms with Crippen LogP contribution in [0, 0.1) is 0 Å². The highest BCUT2D eigenvalue weighted by Gasteiger charge is 2.20. The van der Waals surface area contributed by atoms with Crippen molar-refractivity contribution < 1.29 is 0 Å². The molecule has 0 aliphatic carbocycles. The summed E-state index contributed by atoms with van der Waals surface area (Å²) >= 11 is 0. The first kappa shape index (κ1) is 28.5. The maximum absolute atomic E-state index is 2.43. The molecule has 0 aliphatic heterocycles. The van der Waals surface area contributed by atoms with Crippen molar-refractivity contribution in [3.63, 3.8) is 0 Å². The van der Waals surface area contributed by atoms with Gasteiger partial charge in [-0.05, 0) is 123 Å². The van der Waals surface area contributed by atoms with E-state index in [9.17, 15) is 0 Å². The third-order valence-electron chi connectivity index (χ3n) is 10.4. The van der Waals surface area contributed by atoms with Crippen molar-refractivity contribution in [1.82, 2.24) is 0 Å². The van der Waals surface area contributed by atoms with E-state index < -0.39 is 0 Å². The van der Waals surface area contributed by atoms with Crippen LogP contribution in [0.5, 0.6) is 0 Å². The lowest BCUT2D eigenvalue weighted by Gasteiger charge is -2.21. The lowest BCUT2D eigenvalue weighted by atomic mass is 9.82. The Balaban J connectivity index is 1.34. The Bertz CT molecular complexity index is 2910. The third-order valence-corrected chi connectivity index (χ3v) is 10.4. The SMILES string of the molecule is c1ccc(-c2cccc(-c3c4ccccc4c(-c4cc5ccccc5c5ccccc45)c4ccc(-c5ccc6ccccc6c5)cc34)c2)cc1. The van der Waals surface area contributed by atoms with E-state index in [-0.39, 0.29) is 0 Å². The first-order valence-electron chi connectivity index (χ1n) is 17.3. The van der Waals surface area contributed by atoms with Gasteiger partial charge in [0.1, 0.15) is 0 Å². The van der Waals surface area contributed by atoms with Gasteiger partial charge in [-0.1, -0.05) is 170 Å². The summed E-state index contributed by atoms with van der Waals surface area (Å²) in [4.78, 5) is 0. The molecule has 0 saturated carbocycles. The van der Waals surface area contributed by atoms with Crippen molar-refractivity contribution in [2.24, 2.45) is 0 Å². The van der Waals surface area contributed by atoms with Gasteiger partial charge in [-0.25, -0.2) is 0 Å². The molecule has 0 heteroatoms. The predicted octanol–water partition coefficient (Wildman–Crippen LogP) is 14.1. The Kier molecular flexibility index (Phi) is 6.60. The van der Waals surface area contributed by atoms with Gasteiger partial charge in [-0.2, -0.15) is 0 Å². The molecule has 10 aromatic carbocycles. The van der Waals surface area contributed by atoms with Gasteiger partial charge >= 0.3 is 0 Å². The second-order valence-corrected chi connectivity index (χ2v) is 13.3. The van der Waals surface area contributed by atoms with E-state index in [0.29, 0.717) is 0 Å². The molecule has 0 nitrogen and oxygen atoms in total. The Morgan fingerprint density at radius 3 is 1.56 bits per heavy atom. The fourth-order valence-corrected chi connectivity index (χ4v) is 8.07. The van der Waals surface area contributed by atoms with Gasteiger partial charge in [0.2, 0.25) is 0 Å². The summed E-state index contributed by atoms with van der Waals surface area (Å²) in [6, 6.07) is 71.4. The minimum atomic E-state index is 1.22. The topological polar surface area (TPSA) is 0 Å². The van der Waals surface area contributed by atoms with Crippen LogP contribution in [0.3, 0.4) is 0 Å². The zero-order chi connectivity index (χ0) is 33.0. The van der Waals surface area contributed by atoms with Crippen molar-refractivity contribution in [2.45, 2.75) is 0 Å². The maximum atomic E-state index is 2.43. The van der Waals surface area contributed by atoms with Crippen molar-refractivity contribution >= 4 is 53.9 Å². The molecule has 0 aromatic heterocycles. The molecule has 0 fully saturated rings. The highest BCUT2D eigenvalue weighted by Crippen LogP contribution is 2.47. The van der Waals surface area contributed by atoms with Crippen molar-refractivity contribution in [2.75, 3.05) is 0 Å². The highest BCUT2D eigenvalue weighted by atomic mass is 14.2. The number of fused-ring (bicyclic) bond motifs is 6. The first-order chi connectivity index (χ1) is 24.8. The van der Waals surface area contributed by atoms with E-state index in [1.807, 2.05) is 0 Å². The summed E-state index contributed by atoms with van der Waals surface area (Å²) in [5.41, 5.74) is 9.92. The summed E-state index contributed by atoms with van der Waals surface area (Å²) in [6.45, 7) is 0. The number of hydrogen-bond acceptors (Lipinski definition) is 0. The molecule has 0 unspecified atom stereocenters. The predicted molar refractivity (Wildman–Crippen MR) is 216 cm³/mol. The Labute approximate surface area is 291 Å². The van der Waals surface area contributed by atoms with Crippen LogP contribution in [-0.2, 0) is 0 Å². The molecule has 10 aromatic rings. The fourth-order valence-electron chi connectivity index (χ4n) is 8.07. The molecule has 0 bridgehead atoms. The van der Waals surface area contributed by atoms with E-state index in [0.717, 1.165) is 0 Å². The quantitative estimate of drug-likeness (QED) is 0.134. The molecule has 10 rings (SSSR count). The lowest BCUT2D eigenvalue weighted by molar-refractivity contribution is 1.61. The van der Waals surface area contributed by atoms with Crippen molar-refractivity contribution in [3.8, 4) is 44.5 Å². The molecule has 232 valence electrons. The molecular weight excluding hydrogens is 601 g/mol. The van der Waals surface area contributed by atoms with Crippen LogP contribution < -0.4 is 0 Å². The summed E-state index contributed by atoms with van der Waals surface area (Å²) < 4.78 is 0. The smallest absolute Gasteiger partial charge is 0.00199 e. The molecule has 0 N–H and O–H groups in total. The highest BCUT2D eigenvalue weighted by molar-refractivity contribution is 6.26. The van der Waals surface area contributed by atoms with Gasteiger partial charge in [0.05, 0.1) is 0 Å². The minimum Gasteiger partial charge on any atom is -0.0622 e. The normalized spacial score (nSPS) is 11.6. The largest absolute Gasteiger partial charge is 0.0622 e. The fraction of sp³-hybridized carbons (Fsp3) is 0. The van der Waals surface area contributed by atoms with Crippen LogP contribution in [0.1, 0.15) is 0 Å². The third kappa shape index (κ3) is 4.61. The zero-order valence-electron chi connectivity index (χ0n) is 27.5. The molecular formula is C50H32. The second kappa shape index (κ2) is 11.6. The second-order valence-electron chi connectivity index (χ2n) is 13.3. The van der Waals surface area contributed by atoms with Gasteiger partial charge in [0, 0.05) is 0 Å². The van der Waals surface area contributed by atoms with Crippen LogP contribution in [0.4, 0.5) is 0 Å². The molecule has 0 saturated heterocycles. The standard InChI is InChI=1S/C50H32/c1-2-13-33(14-3-1)36-18-12-19-40(30-36)49-44-23-10-11-24-45(44)50(47-32-39-17-6-7-20-41(39)42-21-8-9-22-43(42)47)46-28-27-38(31-48(46)49)37-26-25-34-15-4-5-16-35(34)29-37/h1-32H. The number of hydrogen-bond donors (Lipinski definition) is 0. The maximum Gasteiger partial charge on any atom is -0.00199 e. The zero-order valence-corrected chi connectivity index (χ0v) is 27.5. The van der Waals surface area contributed by atoms with Crippen LogP contribution in [0.2, 0.25) is 0 Å². The molecule has 0 atom stereocenters. The Hall–Kier alpha value is -6.50. The van der Waals surface area contributed by atoms with E-state index in [4.69, 9.17) is 0 Å². The summed E-state index contributed by atoms with van der Waals surface area (Å²) in [5, 5.41) is 12.6. The van der Waals surface area contributed by atoms with Gasteiger partial charge in [0.15, 0.2) is 0 Å². The van der Waals surface area contributed by atoms with Gasteiger partial charge < -0.3 is 0 Å². The van der Waals surface area contributed by atoms with E-state index >= 15 is 0 Å². The molecule has 0 amide bonds. The van der Waals surface area contributed by atoms with Gasteiger partial charge in [-0.3, -0.25) is 0 Å². The molecule has 0 spiro atoms. The molecule has 50 heavy (non-hydrogen) atoms. The van der Waals surface area contributed by atoms with E-state index in [2.05, 4.69) is 194 Å². The molecule has 0 heterocycles. The van der Waals surface area contributed by atoms with E-state index in [1.165, 1.54) is 98.4 Å². The van der Waals surface area contributed by atoms with Crippen LogP contribution in [-0.4, -0.2) is 0 Å². The number of benzene rings is 10. The monoisotopic (exact) mass is 632 g/mol. The minimum absolute atomic E-state index is 1.22. The first-order valence-corrected chi connectivity index (χ1v) is 17.3. The summed E-state index contributed by atoms with van der Waals surface area (Å²) in [6.07, 6.45) is 0. The molecule has 0 aliphatic rings. The van der Waals surface area contributed by atoms with Crippen molar-refractivity contribution in [1.29, 1.82) is 0 Å². The number of rotatable bonds is 4. The Morgan fingerprint density at radius 1 is 0.200 bits per heavy atom. The molecule has 0 radical (unpaired) electrons. The van der Waals surface area contributed by atoms with Crippen LogP contribution >= 0.6 is 0 Å². The van der Waals surface area contributed by atoms with Crippen LogP contribution in [0.15, 0.2) is 194 Å². The summed E-state index contributed by atoms with van der Waals surface area (Å²) in [5.74, 6) is 0. The average molecular weight is 633 g/mol. The summed E-state index contributed by atoms with van der Waals surface area (Å²) in [7, 11) is 0. The van der Waals surface area contributed by atoms with Crippen LogP contribution in [0.25, 0.3) is 98.4 Å². The van der Waals surface area contributed by atoms with Crippen molar-refractivity contribution in [3.05, 3.63) is 194 Å². The van der Waals surface area contributed by atoms with E-state index in [1.54, 1.807) is 0 Å². The van der Waals surface area contributed by atoms with Gasteiger partial charge in [0.25, 0.3) is 0 Å². The average Bonchev–Trinajstić information content (AvgIpc) is 3.19. The lowest BCUT2D eigenvalue weighted by Crippen LogP contribution is -1.93. The Morgan fingerprint density at radius 2 is 0.740 bits per heavy atom.